The molecule has 0 spiro atoms. The lowest BCUT2D eigenvalue weighted by molar-refractivity contribution is -0.00450. The van der Waals surface area contributed by atoms with E-state index in [-0.39, 0.29) is 0 Å². The average molecular weight is 233 g/mol. The van der Waals surface area contributed by atoms with Crippen molar-refractivity contribution >= 4 is 0 Å². The summed E-state index contributed by atoms with van der Waals surface area (Å²) in [5.41, 5.74) is 1.38. The zero-order valence-electron chi connectivity index (χ0n) is 10.9. The molecule has 1 saturated carbocycles. The number of hydrogen-bond acceptors (Lipinski definition) is 2. The van der Waals surface area contributed by atoms with Gasteiger partial charge in [-0.05, 0) is 25.5 Å². The number of likely N-dealkylation sites (N-methyl/N-ethyl adjacent to an activating group) is 1. The fourth-order valence-corrected chi connectivity index (χ4v) is 2.85. The van der Waals surface area contributed by atoms with Crippen molar-refractivity contribution < 1.29 is 4.74 Å². The maximum absolute atomic E-state index is 5.62. The van der Waals surface area contributed by atoms with Crippen LogP contribution in [0.3, 0.4) is 0 Å². The summed E-state index contributed by atoms with van der Waals surface area (Å²) in [7, 11) is 4.06. The smallest absolute Gasteiger partial charge is 0.0726 e. The SMILES string of the molecule is CO[C@@H]1CCCCC1N(C)Cc1ccccc1. The van der Waals surface area contributed by atoms with E-state index in [9.17, 15) is 0 Å². The molecule has 94 valence electrons. The van der Waals surface area contributed by atoms with Crippen molar-refractivity contribution in [1.29, 1.82) is 0 Å². The Labute approximate surface area is 105 Å². The fraction of sp³-hybridized carbons (Fsp3) is 0.600. The Kier molecular flexibility index (Phi) is 4.57. The van der Waals surface area contributed by atoms with Crippen molar-refractivity contribution in [3.63, 3.8) is 0 Å². The highest BCUT2D eigenvalue weighted by Gasteiger charge is 2.27. The van der Waals surface area contributed by atoms with Crippen molar-refractivity contribution in [2.45, 2.75) is 44.4 Å². The summed E-state index contributed by atoms with van der Waals surface area (Å²) in [5.74, 6) is 0. The van der Waals surface area contributed by atoms with Crippen LogP contribution in [0.5, 0.6) is 0 Å². The molecule has 2 rings (SSSR count). The van der Waals surface area contributed by atoms with Gasteiger partial charge in [-0.15, -0.1) is 0 Å². The van der Waals surface area contributed by atoms with E-state index in [1.165, 1.54) is 31.2 Å². The molecule has 1 aromatic rings. The summed E-state index contributed by atoms with van der Waals surface area (Å²) in [6.45, 7) is 1.02. The first-order valence-electron chi connectivity index (χ1n) is 6.58. The zero-order chi connectivity index (χ0) is 12.1. The largest absolute Gasteiger partial charge is 0.380 e. The number of ether oxygens (including phenoxy) is 1. The van der Waals surface area contributed by atoms with Crippen molar-refractivity contribution in [2.24, 2.45) is 0 Å². The lowest BCUT2D eigenvalue weighted by atomic mass is 9.91. The van der Waals surface area contributed by atoms with E-state index in [1.54, 1.807) is 0 Å². The van der Waals surface area contributed by atoms with Gasteiger partial charge in [0.15, 0.2) is 0 Å². The Hall–Kier alpha value is -0.860. The van der Waals surface area contributed by atoms with Crippen LogP contribution < -0.4 is 0 Å². The molecule has 0 radical (unpaired) electrons. The van der Waals surface area contributed by atoms with E-state index in [1.807, 2.05) is 7.11 Å². The first kappa shape index (κ1) is 12.6. The molecule has 1 fully saturated rings. The Morgan fingerprint density at radius 2 is 1.88 bits per heavy atom. The highest BCUT2D eigenvalue weighted by Crippen LogP contribution is 2.25. The van der Waals surface area contributed by atoms with E-state index < -0.39 is 0 Å². The number of nitrogens with zero attached hydrogens (tertiary/aromatic N) is 1. The first-order chi connectivity index (χ1) is 8.31. The normalized spacial score (nSPS) is 25.1. The summed E-state index contributed by atoms with van der Waals surface area (Å²) in [5, 5.41) is 0. The monoisotopic (exact) mass is 233 g/mol. The minimum Gasteiger partial charge on any atom is -0.380 e. The van der Waals surface area contributed by atoms with Crippen molar-refractivity contribution in [1.82, 2.24) is 4.90 Å². The molecule has 0 aromatic heterocycles. The summed E-state index contributed by atoms with van der Waals surface area (Å²) in [4.78, 5) is 2.45. The third kappa shape index (κ3) is 3.30. The average Bonchev–Trinajstić information content (AvgIpc) is 2.40. The maximum atomic E-state index is 5.62. The predicted molar refractivity (Wildman–Crippen MR) is 71.0 cm³/mol. The number of hydrogen-bond donors (Lipinski definition) is 0. The Bertz CT molecular complexity index is 325. The lowest BCUT2D eigenvalue weighted by Gasteiger charge is -2.37. The van der Waals surface area contributed by atoms with Crippen LogP contribution in [0.2, 0.25) is 0 Å². The highest BCUT2D eigenvalue weighted by atomic mass is 16.5. The summed E-state index contributed by atoms with van der Waals surface area (Å²) >= 11 is 0. The molecule has 0 aliphatic heterocycles. The van der Waals surface area contributed by atoms with Crippen LogP contribution in [0.1, 0.15) is 31.2 Å². The van der Waals surface area contributed by atoms with Gasteiger partial charge in [0.2, 0.25) is 0 Å². The zero-order valence-corrected chi connectivity index (χ0v) is 10.9. The maximum Gasteiger partial charge on any atom is 0.0726 e. The van der Waals surface area contributed by atoms with Crippen LogP contribution in [0, 0.1) is 0 Å². The van der Waals surface area contributed by atoms with Crippen LogP contribution in [-0.4, -0.2) is 31.2 Å². The van der Waals surface area contributed by atoms with Gasteiger partial charge in [0, 0.05) is 19.7 Å². The van der Waals surface area contributed by atoms with E-state index in [2.05, 4.69) is 42.3 Å². The van der Waals surface area contributed by atoms with E-state index in [0.29, 0.717) is 12.1 Å². The third-order valence-corrected chi connectivity index (χ3v) is 3.81. The van der Waals surface area contributed by atoms with Gasteiger partial charge in [-0.1, -0.05) is 43.2 Å². The molecular weight excluding hydrogens is 210 g/mol. The van der Waals surface area contributed by atoms with Crippen LogP contribution in [0.4, 0.5) is 0 Å². The molecule has 1 aromatic carbocycles. The molecule has 2 heteroatoms. The van der Waals surface area contributed by atoms with Gasteiger partial charge in [-0.3, -0.25) is 4.90 Å². The molecule has 1 unspecified atom stereocenters. The Morgan fingerprint density at radius 1 is 1.18 bits per heavy atom. The summed E-state index contributed by atoms with van der Waals surface area (Å²) in [6.07, 6.45) is 5.54. The molecule has 2 atom stereocenters. The minimum atomic E-state index is 0.414. The van der Waals surface area contributed by atoms with E-state index in [4.69, 9.17) is 4.74 Å². The highest BCUT2D eigenvalue weighted by molar-refractivity contribution is 5.14. The number of benzene rings is 1. The van der Waals surface area contributed by atoms with Gasteiger partial charge < -0.3 is 4.74 Å². The molecule has 0 heterocycles. The molecule has 0 N–H and O–H groups in total. The fourth-order valence-electron chi connectivity index (χ4n) is 2.85. The van der Waals surface area contributed by atoms with Crippen molar-refractivity contribution in [2.75, 3.05) is 14.2 Å². The van der Waals surface area contributed by atoms with Crippen LogP contribution in [0.15, 0.2) is 30.3 Å². The molecule has 0 amide bonds. The van der Waals surface area contributed by atoms with Crippen LogP contribution >= 0.6 is 0 Å². The van der Waals surface area contributed by atoms with Crippen molar-refractivity contribution in [3.05, 3.63) is 35.9 Å². The molecule has 17 heavy (non-hydrogen) atoms. The first-order valence-corrected chi connectivity index (χ1v) is 6.58. The van der Waals surface area contributed by atoms with Gasteiger partial charge in [0.1, 0.15) is 0 Å². The third-order valence-electron chi connectivity index (χ3n) is 3.81. The van der Waals surface area contributed by atoms with E-state index in [0.717, 1.165) is 6.54 Å². The summed E-state index contributed by atoms with van der Waals surface area (Å²) in [6, 6.07) is 11.3. The number of rotatable bonds is 4. The Morgan fingerprint density at radius 3 is 2.59 bits per heavy atom. The molecular formula is C15H23NO. The van der Waals surface area contributed by atoms with Crippen molar-refractivity contribution in [3.8, 4) is 0 Å². The van der Waals surface area contributed by atoms with Crippen LogP contribution in [0.25, 0.3) is 0 Å². The molecule has 2 nitrogen and oxygen atoms in total. The van der Waals surface area contributed by atoms with Crippen LogP contribution in [-0.2, 0) is 11.3 Å². The summed E-state index contributed by atoms with van der Waals surface area (Å²) < 4.78 is 5.62. The van der Waals surface area contributed by atoms with Gasteiger partial charge in [-0.25, -0.2) is 0 Å². The van der Waals surface area contributed by atoms with E-state index >= 15 is 0 Å². The predicted octanol–water partition coefficient (Wildman–Crippen LogP) is 3.08. The minimum absolute atomic E-state index is 0.414. The number of methoxy groups -OCH3 is 1. The second kappa shape index (κ2) is 6.18. The van der Waals surface area contributed by atoms with Gasteiger partial charge in [0.25, 0.3) is 0 Å². The van der Waals surface area contributed by atoms with Gasteiger partial charge in [-0.2, -0.15) is 0 Å². The standard InChI is InChI=1S/C15H23NO/c1-16(12-13-8-4-3-5-9-13)14-10-6-7-11-15(14)17-2/h3-5,8-9,14-15H,6-7,10-12H2,1-2H3/t14?,15-/m1/s1. The second-order valence-electron chi connectivity index (χ2n) is 5.03. The molecule has 0 bridgehead atoms. The van der Waals surface area contributed by atoms with Gasteiger partial charge in [0.05, 0.1) is 6.10 Å². The lowest BCUT2D eigenvalue weighted by Crippen LogP contribution is -2.43. The quantitative estimate of drug-likeness (QED) is 0.792. The molecule has 0 saturated heterocycles. The Balaban J connectivity index is 1.96. The van der Waals surface area contributed by atoms with Gasteiger partial charge >= 0.3 is 0 Å². The molecule has 1 aliphatic rings. The molecule has 1 aliphatic carbocycles. The topological polar surface area (TPSA) is 12.5 Å². The second-order valence-corrected chi connectivity index (χ2v) is 5.03.